The Morgan fingerprint density at radius 3 is 2.89 bits per heavy atom. The predicted octanol–water partition coefficient (Wildman–Crippen LogP) is 2.04. The lowest BCUT2D eigenvalue weighted by molar-refractivity contribution is 0.0413. The van der Waals surface area contributed by atoms with Crippen LogP contribution in [0.4, 0.5) is 0 Å². The maximum absolute atomic E-state index is 5.38. The minimum atomic E-state index is 0.288. The lowest BCUT2D eigenvalue weighted by Gasteiger charge is -2.31. The SMILES string of the molecule is COC1CCN(CCNC(C)c2ccco2)CC1. The number of nitrogens with zero attached hydrogens (tertiary/aromatic N) is 1. The molecule has 1 atom stereocenters. The summed E-state index contributed by atoms with van der Waals surface area (Å²) in [6.07, 6.45) is 4.51. The van der Waals surface area contributed by atoms with Crippen LogP contribution < -0.4 is 5.32 Å². The molecule has 1 aliphatic rings. The molecule has 4 nitrogen and oxygen atoms in total. The molecule has 0 bridgehead atoms. The molecule has 2 heterocycles. The van der Waals surface area contributed by atoms with E-state index < -0.39 is 0 Å². The predicted molar refractivity (Wildman–Crippen MR) is 71.6 cm³/mol. The number of rotatable bonds is 6. The van der Waals surface area contributed by atoms with Crippen LogP contribution in [0.5, 0.6) is 0 Å². The largest absolute Gasteiger partial charge is 0.468 e. The highest BCUT2D eigenvalue weighted by atomic mass is 16.5. The van der Waals surface area contributed by atoms with E-state index in [-0.39, 0.29) is 6.04 Å². The van der Waals surface area contributed by atoms with E-state index in [4.69, 9.17) is 9.15 Å². The van der Waals surface area contributed by atoms with E-state index in [9.17, 15) is 0 Å². The zero-order valence-electron chi connectivity index (χ0n) is 11.4. The molecule has 0 saturated carbocycles. The van der Waals surface area contributed by atoms with Crippen molar-refractivity contribution in [3.8, 4) is 0 Å². The number of nitrogens with one attached hydrogen (secondary N) is 1. The van der Waals surface area contributed by atoms with Crippen LogP contribution >= 0.6 is 0 Å². The lowest BCUT2D eigenvalue weighted by atomic mass is 10.1. The molecular weight excluding hydrogens is 228 g/mol. The van der Waals surface area contributed by atoms with Gasteiger partial charge in [-0.15, -0.1) is 0 Å². The first-order valence-corrected chi connectivity index (χ1v) is 6.81. The van der Waals surface area contributed by atoms with Crippen LogP contribution in [0, 0.1) is 0 Å². The van der Waals surface area contributed by atoms with E-state index in [1.165, 1.54) is 0 Å². The van der Waals surface area contributed by atoms with Gasteiger partial charge in [-0.1, -0.05) is 0 Å². The molecule has 0 aromatic carbocycles. The van der Waals surface area contributed by atoms with Crippen LogP contribution in [0.1, 0.15) is 31.6 Å². The molecule has 1 aromatic heterocycles. The van der Waals surface area contributed by atoms with Crippen LogP contribution in [0.15, 0.2) is 22.8 Å². The van der Waals surface area contributed by atoms with Crippen molar-refractivity contribution in [3.05, 3.63) is 24.2 Å². The number of likely N-dealkylation sites (tertiary alicyclic amines) is 1. The molecular formula is C14H24N2O2. The van der Waals surface area contributed by atoms with Crippen LogP contribution in [-0.2, 0) is 4.74 Å². The van der Waals surface area contributed by atoms with Gasteiger partial charge in [-0.05, 0) is 31.9 Å². The molecule has 0 aliphatic carbocycles. The minimum absolute atomic E-state index is 0.288. The normalized spacial score (nSPS) is 20.1. The molecule has 2 rings (SSSR count). The third kappa shape index (κ3) is 3.83. The van der Waals surface area contributed by atoms with Gasteiger partial charge in [0.15, 0.2) is 0 Å². The van der Waals surface area contributed by atoms with Crippen LogP contribution in [0.2, 0.25) is 0 Å². The Balaban J connectivity index is 1.61. The second kappa shape index (κ2) is 6.92. The minimum Gasteiger partial charge on any atom is -0.468 e. The molecule has 1 unspecified atom stereocenters. The molecule has 1 aromatic rings. The number of methoxy groups -OCH3 is 1. The molecule has 1 fully saturated rings. The van der Waals surface area contributed by atoms with Crippen LogP contribution in [0.3, 0.4) is 0 Å². The summed E-state index contributed by atoms with van der Waals surface area (Å²) in [7, 11) is 1.81. The maximum Gasteiger partial charge on any atom is 0.120 e. The Bertz CT molecular complexity index is 319. The van der Waals surface area contributed by atoms with Crippen molar-refractivity contribution in [1.82, 2.24) is 10.2 Å². The van der Waals surface area contributed by atoms with Crippen molar-refractivity contribution >= 4 is 0 Å². The van der Waals surface area contributed by atoms with Crippen molar-refractivity contribution in [3.63, 3.8) is 0 Å². The average molecular weight is 252 g/mol. The van der Waals surface area contributed by atoms with Gasteiger partial charge in [0.05, 0.1) is 18.4 Å². The first-order chi connectivity index (χ1) is 8.79. The first-order valence-electron chi connectivity index (χ1n) is 6.81. The van der Waals surface area contributed by atoms with Gasteiger partial charge in [0.1, 0.15) is 5.76 Å². The summed E-state index contributed by atoms with van der Waals surface area (Å²) in [5.74, 6) is 1.01. The first kappa shape index (κ1) is 13.6. The summed E-state index contributed by atoms with van der Waals surface area (Å²) in [4.78, 5) is 2.50. The van der Waals surface area contributed by atoms with Gasteiger partial charge < -0.3 is 19.4 Å². The fraction of sp³-hybridized carbons (Fsp3) is 0.714. The molecule has 4 heteroatoms. The number of hydrogen-bond donors (Lipinski definition) is 1. The Morgan fingerprint density at radius 2 is 2.28 bits per heavy atom. The molecule has 0 spiro atoms. The second-order valence-corrected chi connectivity index (χ2v) is 4.97. The molecule has 1 saturated heterocycles. The monoisotopic (exact) mass is 252 g/mol. The number of hydrogen-bond acceptors (Lipinski definition) is 4. The molecule has 18 heavy (non-hydrogen) atoms. The van der Waals surface area contributed by atoms with Crippen LogP contribution in [0.25, 0.3) is 0 Å². The van der Waals surface area contributed by atoms with Crippen molar-refractivity contribution in [2.24, 2.45) is 0 Å². The Hall–Kier alpha value is -0.840. The molecule has 1 N–H and O–H groups in total. The molecule has 102 valence electrons. The van der Waals surface area contributed by atoms with Gasteiger partial charge in [-0.2, -0.15) is 0 Å². The van der Waals surface area contributed by atoms with Gasteiger partial charge in [0, 0.05) is 33.3 Å². The summed E-state index contributed by atoms with van der Waals surface area (Å²) >= 11 is 0. The summed E-state index contributed by atoms with van der Waals surface area (Å²) in [6.45, 7) is 6.53. The highest BCUT2D eigenvalue weighted by molar-refractivity contribution is 5.02. The maximum atomic E-state index is 5.38. The standard InChI is InChI=1S/C14H24N2O2/c1-12(14-4-3-11-18-14)15-7-10-16-8-5-13(17-2)6-9-16/h3-4,11-13,15H,5-10H2,1-2H3. The van der Waals surface area contributed by atoms with Crippen molar-refractivity contribution in [2.45, 2.75) is 31.9 Å². The van der Waals surface area contributed by atoms with E-state index in [1.807, 2.05) is 19.2 Å². The van der Waals surface area contributed by atoms with E-state index in [0.717, 1.165) is 44.8 Å². The van der Waals surface area contributed by atoms with Crippen molar-refractivity contribution in [1.29, 1.82) is 0 Å². The second-order valence-electron chi connectivity index (χ2n) is 4.97. The molecule has 1 aliphatic heterocycles. The smallest absolute Gasteiger partial charge is 0.120 e. The highest BCUT2D eigenvalue weighted by Gasteiger charge is 2.18. The van der Waals surface area contributed by atoms with E-state index in [1.54, 1.807) is 6.26 Å². The molecule has 0 radical (unpaired) electrons. The third-order valence-corrected chi connectivity index (χ3v) is 3.72. The fourth-order valence-electron chi connectivity index (χ4n) is 2.45. The van der Waals surface area contributed by atoms with E-state index >= 15 is 0 Å². The van der Waals surface area contributed by atoms with Crippen molar-refractivity contribution in [2.75, 3.05) is 33.3 Å². The third-order valence-electron chi connectivity index (χ3n) is 3.72. The van der Waals surface area contributed by atoms with Gasteiger partial charge in [-0.25, -0.2) is 0 Å². The summed E-state index contributed by atoms with van der Waals surface area (Å²) in [5.41, 5.74) is 0. The fourth-order valence-corrected chi connectivity index (χ4v) is 2.45. The zero-order valence-corrected chi connectivity index (χ0v) is 11.4. The average Bonchev–Trinajstić information content (AvgIpc) is 2.93. The highest BCUT2D eigenvalue weighted by Crippen LogP contribution is 2.13. The van der Waals surface area contributed by atoms with Gasteiger partial charge in [0.25, 0.3) is 0 Å². The number of piperidine rings is 1. The lowest BCUT2D eigenvalue weighted by Crippen LogP contribution is -2.40. The van der Waals surface area contributed by atoms with Crippen molar-refractivity contribution < 1.29 is 9.15 Å². The summed E-state index contributed by atoms with van der Waals surface area (Å²) in [5, 5.41) is 3.49. The van der Waals surface area contributed by atoms with Crippen LogP contribution in [-0.4, -0.2) is 44.3 Å². The Morgan fingerprint density at radius 1 is 1.50 bits per heavy atom. The summed E-state index contributed by atoms with van der Waals surface area (Å²) < 4.78 is 10.8. The number of ether oxygens (including phenoxy) is 1. The van der Waals surface area contributed by atoms with Gasteiger partial charge >= 0.3 is 0 Å². The topological polar surface area (TPSA) is 37.6 Å². The summed E-state index contributed by atoms with van der Waals surface area (Å²) in [6, 6.07) is 4.24. The molecule has 0 amide bonds. The van der Waals surface area contributed by atoms with E-state index in [2.05, 4.69) is 17.1 Å². The van der Waals surface area contributed by atoms with Gasteiger partial charge in [0.2, 0.25) is 0 Å². The number of furan rings is 1. The quantitative estimate of drug-likeness (QED) is 0.841. The Labute approximate surface area is 109 Å². The Kier molecular flexibility index (Phi) is 5.23. The van der Waals surface area contributed by atoms with Gasteiger partial charge in [-0.3, -0.25) is 0 Å². The zero-order chi connectivity index (χ0) is 12.8. The van der Waals surface area contributed by atoms with E-state index in [0.29, 0.717) is 6.10 Å².